The first-order valence-corrected chi connectivity index (χ1v) is 20.4. The van der Waals surface area contributed by atoms with Crippen molar-refractivity contribution in [2.45, 2.75) is 189 Å². The number of carbonyl (C=O) groups excluding carboxylic acids is 1. The number of unbranched alkanes of at least 4 members (excludes halogenated alkanes) is 8. The number of rotatable bonds is 25. The zero-order valence-corrected chi connectivity index (χ0v) is 32.3. The lowest BCUT2D eigenvalue weighted by atomic mass is 9.64. The highest BCUT2D eigenvalue weighted by Gasteiger charge is 2.36. The van der Waals surface area contributed by atoms with Crippen molar-refractivity contribution in [3.8, 4) is 0 Å². The number of allylic oxidation sites excluding steroid dienone is 4. The van der Waals surface area contributed by atoms with Crippen molar-refractivity contribution in [3.63, 3.8) is 0 Å². The molecule has 0 aromatic carbocycles. The molecule has 0 atom stereocenters. The summed E-state index contributed by atoms with van der Waals surface area (Å²) < 4.78 is 12.3. The molecule has 2 fully saturated rings. The molecule has 0 unspecified atom stereocenters. The molecule has 0 aromatic heterocycles. The molecule has 47 heavy (non-hydrogen) atoms. The SMILES string of the molecule is CCCCC/C=C/C/C=C\CCCCCCCC(=O)N(CCOCCOC1CCC(C(C)(C)CC(C)(C)C)CC1)CC1CCCCC1. The van der Waals surface area contributed by atoms with Gasteiger partial charge in [0.25, 0.3) is 0 Å². The molecular weight excluding hydrogens is 578 g/mol. The van der Waals surface area contributed by atoms with Gasteiger partial charge >= 0.3 is 0 Å². The van der Waals surface area contributed by atoms with Gasteiger partial charge in [-0.3, -0.25) is 4.79 Å². The quantitative estimate of drug-likeness (QED) is 0.0724. The van der Waals surface area contributed by atoms with Crippen LogP contribution in [-0.2, 0) is 14.3 Å². The van der Waals surface area contributed by atoms with Crippen LogP contribution in [0, 0.1) is 22.7 Å². The molecule has 2 aliphatic carbocycles. The van der Waals surface area contributed by atoms with Crippen LogP contribution in [0.3, 0.4) is 0 Å². The zero-order chi connectivity index (χ0) is 34.2. The number of amides is 1. The topological polar surface area (TPSA) is 38.8 Å². The highest BCUT2D eigenvalue weighted by atomic mass is 16.5. The molecule has 4 heteroatoms. The molecular formula is C43H79NO3. The average Bonchev–Trinajstić information content (AvgIpc) is 3.03. The maximum atomic E-state index is 13.3. The molecule has 0 aromatic rings. The minimum atomic E-state index is 0.340. The fraction of sp³-hybridized carbons (Fsp3) is 0.884. The second kappa shape index (κ2) is 24.9. The van der Waals surface area contributed by atoms with Crippen molar-refractivity contribution in [2.75, 3.05) is 32.9 Å². The Morgan fingerprint density at radius 3 is 2.02 bits per heavy atom. The summed E-state index contributed by atoms with van der Waals surface area (Å²) in [5.41, 5.74) is 0.781. The van der Waals surface area contributed by atoms with Gasteiger partial charge in [-0.05, 0) is 106 Å². The van der Waals surface area contributed by atoms with Crippen LogP contribution < -0.4 is 0 Å². The Morgan fingerprint density at radius 1 is 0.723 bits per heavy atom. The van der Waals surface area contributed by atoms with E-state index >= 15 is 0 Å². The van der Waals surface area contributed by atoms with Gasteiger partial charge in [-0.1, -0.05) is 117 Å². The highest BCUT2D eigenvalue weighted by molar-refractivity contribution is 5.76. The molecule has 0 bridgehead atoms. The van der Waals surface area contributed by atoms with Gasteiger partial charge in [0.05, 0.1) is 25.9 Å². The van der Waals surface area contributed by atoms with E-state index in [-0.39, 0.29) is 0 Å². The van der Waals surface area contributed by atoms with Gasteiger partial charge in [0, 0.05) is 19.5 Å². The molecule has 0 saturated heterocycles. The highest BCUT2D eigenvalue weighted by Crippen LogP contribution is 2.45. The van der Waals surface area contributed by atoms with Crippen molar-refractivity contribution < 1.29 is 14.3 Å². The maximum absolute atomic E-state index is 13.3. The van der Waals surface area contributed by atoms with Crippen LogP contribution in [0.4, 0.5) is 0 Å². The lowest BCUT2D eigenvalue weighted by Crippen LogP contribution is -2.38. The predicted molar refractivity (Wildman–Crippen MR) is 203 cm³/mol. The van der Waals surface area contributed by atoms with E-state index in [1.54, 1.807) is 0 Å². The Hall–Kier alpha value is -1.13. The van der Waals surface area contributed by atoms with Crippen LogP contribution in [0.25, 0.3) is 0 Å². The number of nitrogens with zero attached hydrogens (tertiary/aromatic N) is 1. The molecule has 0 radical (unpaired) electrons. The third-order valence-electron chi connectivity index (χ3n) is 10.7. The fourth-order valence-corrected chi connectivity index (χ4v) is 8.32. The Balaban J connectivity index is 1.57. The van der Waals surface area contributed by atoms with Crippen molar-refractivity contribution in [1.82, 2.24) is 4.90 Å². The van der Waals surface area contributed by atoms with Crippen LogP contribution in [-0.4, -0.2) is 49.8 Å². The molecule has 274 valence electrons. The third-order valence-corrected chi connectivity index (χ3v) is 10.7. The average molecular weight is 658 g/mol. The summed E-state index contributed by atoms with van der Waals surface area (Å²) in [6.45, 7) is 17.9. The van der Waals surface area contributed by atoms with Crippen LogP contribution in [0.5, 0.6) is 0 Å². The summed E-state index contributed by atoms with van der Waals surface area (Å²) in [5.74, 6) is 1.81. The molecule has 2 rings (SSSR count). The summed E-state index contributed by atoms with van der Waals surface area (Å²) in [6, 6.07) is 0. The second-order valence-corrected chi connectivity index (χ2v) is 17.0. The van der Waals surface area contributed by atoms with Gasteiger partial charge in [0.1, 0.15) is 0 Å². The molecule has 4 nitrogen and oxygen atoms in total. The first-order valence-electron chi connectivity index (χ1n) is 20.4. The van der Waals surface area contributed by atoms with E-state index in [1.807, 2.05) is 0 Å². The van der Waals surface area contributed by atoms with E-state index in [0.29, 0.717) is 55.0 Å². The monoisotopic (exact) mass is 658 g/mol. The smallest absolute Gasteiger partial charge is 0.222 e. The summed E-state index contributed by atoms with van der Waals surface area (Å²) in [7, 11) is 0. The number of hydrogen-bond donors (Lipinski definition) is 0. The first kappa shape index (κ1) is 42.0. The molecule has 0 spiro atoms. The summed E-state index contributed by atoms with van der Waals surface area (Å²) >= 11 is 0. The Morgan fingerprint density at radius 2 is 1.36 bits per heavy atom. The van der Waals surface area contributed by atoms with Gasteiger partial charge in [-0.15, -0.1) is 0 Å². The van der Waals surface area contributed by atoms with Crippen molar-refractivity contribution in [1.29, 1.82) is 0 Å². The minimum Gasteiger partial charge on any atom is -0.377 e. The van der Waals surface area contributed by atoms with E-state index in [9.17, 15) is 4.79 Å². The van der Waals surface area contributed by atoms with Gasteiger partial charge in [0.15, 0.2) is 0 Å². The zero-order valence-electron chi connectivity index (χ0n) is 32.3. The van der Waals surface area contributed by atoms with E-state index in [1.165, 1.54) is 116 Å². The maximum Gasteiger partial charge on any atom is 0.222 e. The molecule has 0 heterocycles. The van der Waals surface area contributed by atoms with Crippen LogP contribution >= 0.6 is 0 Å². The minimum absolute atomic E-state index is 0.340. The first-order chi connectivity index (χ1) is 22.6. The summed E-state index contributed by atoms with van der Waals surface area (Å²) in [4.78, 5) is 15.4. The number of ether oxygens (including phenoxy) is 2. The molecule has 2 saturated carbocycles. The Kier molecular flexibility index (Phi) is 22.3. The van der Waals surface area contributed by atoms with Gasteiger partial charge in [0.2, 0.25) is 5.91 Å². The molecule has 0 aliphatic heterocycles. The van der Waals surface area contributed by atoms with Gasteiger partial charge < -0.3 is 14.4 Å². The lowest BCUT2D eigenvalue weighted by Gasteiger charge is -2.42. The van der Waals surface area contributed by atoms with Crippen molar-refractivity contribution >= 4 is 5.91 Å². The third kappa shape index (κ3) is 20.9. The summed E-state index contributed by atoms with van der Waals surface area (Å²) in [5, 5.41) is 0. The standard InChI is InChI=1S/C43H79NO3/c1-7-8-9-10-11-12-13-14-15-16-17-18-19-20-24-27-41(45)44(36-38-25-22-21-23-26-38)32-33-46-34-35-47-40-30-28-39(29-31-40)43(5,6)37-42(2,3)4/h11-12,14-15,38-40H,7-10,13,16-37H2,1-6H3/b12-11+,15-14-. The van der Waals surface area contributed by atoms with Crippen LogP contribution in [0.1, 0.15) is 183 Å². The predicted octanol–water partition coefficient (Wildman–Crippen LogP) is 12.3. The van der Waals surface area contributed by atoms with Gasteiger partial charge in [-0.2, -0.15) is 0 Å². The van der Waals surface area contributed by atoms with Crippen LogP contribution in [0.2, 0.25) is 0 Å². The van der Waals surface area contributed by atoms with E-state index in [0.717, 1.165) is 38.3 Å². The second-order valence-electron chi connectivity index (χ2n) is 17.0. The van der Waals surface area contributed by atoms with E-state index in [2.05, 4.69) is 70.7 Å². The molecule has 0 N–H and O–H groups in total. The molecule has 2 aliphatic rings. The molecule has 1 amide bonds. The number of carbonyl (C=O) groups is 1. The lowest BCUT2D eigenvalue weighted by molar-refractivity contribution is -0.133. The van der Waals surface area contributed by atoms with Gasteiger partial charge in [-0.25, -0.2) is 0 Å². The van der Waals surface area contributed by atoms with Crippen LogP contribution in [0.15, 0.2) is 24.3 Å². The number of hydrogen-bond acceptors (Lipinski definition) is 3. The summed E-state index contributed by atoms with van der Waals surface area (Å²) in [6.07, 6.45) is 36.5. The van der Waals surface area contributed by atoms with Crippen molar-refractivity contribution in [2.24, 2.45) is 22.7 Å². The van der Waals surface area contributed by atoms with E-state index < -0.39 is 0 Å². The fourth-order valence-electron chi connectivity index (χ4n) is 8.32. The normalized spacial score (nSPS) is 20.0. The van der Waals surface area contributed by atoms with Crippen molar-refractivity contribution in [3.05, 3.63) is 24.3 Å². The largest absolute Gasteiger partial charge is 0.377 e. The Labute approximate surface area is 293 Å². The van der Waals surface area contributed by atoms with E-state index in [4.69, 9.17) is 9.47 Å². The Bertz CT molecular complexity index is 826.